The summed E-state index contributed by atoms with van der Waals surface area (Å²) in [5.41, 5.74) is -0.362. The zero-order valence-electron chi connectivity index (χ0n) is 18.6. The van der Waals surface area contributed by atoms with E-state index < -0.39 is 23.3 Å². The molecule has 1 amide bonds. The zero-order chi connectivity index (χ0) is 23.6. The lowest BCUT2D eigenvalue weighted by atomic mass is 9.97. The second-order valence-electron chi connectivity index (χ2n) is 8.61. The Morgan fingerprint density at radius 3 is 2.52 bits per heavy atom. The Morgan fingerprint density at radius 1 is 1.21 bits per heavy atom. The van der Waals surface area contributed by atoms with Crippen LogP contribution in [0.15, 0.2) is 48.0 Å². The van der Waals surface area contributed by atoms with Gasteiger partial charge in [0.05, 0.1) is 23.5 Å². The molecule has 1 aliphatic heterocycles. The van der Waals surface area contributed by atoms with E-state index in [1.165, 1.54) is 0 Å². The van der Waals surface area contributed by atoms with Crippen LogP contribution in [0, 0.1) is 12.8 Å². The fourth-order valence-electron chi connectivity index (χ4n) is 4.18. The van der Waals surface area contributed by atoms with Gasteiger partial charge in [0, 0.05) is 11.4 Å². The summed E-state index contributed by atoms with van der Waals surface area (Å²) in [4.78, 5) is 16.3. The lowest BCUT2D eigenvalue weighted by Crippen LogP contribution is -2.41. The first-order valence-corrected chi connectivity index (χ1v) is 11.9. The number of aryl methyl sites for hydroxylation is 1. The van der Waals surface area contributed by atoms with Gasteiger partial charge < -0.3 is 5.32 Å². The number of alkyl halides is 3. The number of amides is 1. The van der Waals surface area contributed by atoms with Crippen LogP contribution in [0.2, 0.25) is 0 Å². The van der Waals surface area contributed by atoms with Crippen LogP contribution in [0.5, 0.6) is 0 Å². The van der Waals surface area contributed by atoms with Crippen LogP contribution in [0.25, 0.3) is 5.69 Å². The summed E-state index contributed by atoms with van der Waals surface area (Å²) in [5, 5.41) is 8.64. The number of carbonyl (C=O) groups is 1. The van der Waals surface area contributed by atoms with E-state index in [4.69, 9.17) is 0 Å². The number of hydrogen-bond donors (Lipinski definition) is 1. The molecule has 1 N–H and O–H groups in total. The van der Waals surface area contributed by atoms with Crippen molar-refractivity contribution in [2.24, 2.45) is 5.92 Å². The predicted octanol–water partition coefficient (Wildman–Crippen LogP) is 5.46. The SMILES string of the molecule is Cc1ccc(-n2ncc(C(=O)NCC(c3cccs3)N3CCC(C)CC3)c2C(F)(F)F)cc1. The molecule has 176 valence electrons. The van der Waals surface area contributed by atoms with Crippen molar-refractivity contribution in [1.82, 2.24) is 20.0 Å². The highest BCUT2D eigenvalue weighted by atomic mass is 32.1. The van der Waals surface area contributed by atoms with Gasteiger partial charge in [-0.15, -0.1) is 11.3 Å². The highest BCUT2D eigenvalue weighted by Gasteiger charge is 2.40. The first-order chi connectivity index (χ1) is 15.7. The molecular formula is C24H27F3N4OS. The van der Waals surface area contributed by atoms with Crippen LogP contribution < -0.4 is 5.32 Å². The maximum atomic E-state index is 14.0. The number of nitrogens with zero attached hydrogens (tertiary/aromatic N) is 3. The van der Waals surface area contributed by atoms with Crippen LogP contribution in [-0.2, 0) is 6.18 Å². The second-order valence-corrected chi connectivity index (χ2v) is 9.59. The molecule has 0 aliphatic carbocycles. The smallest absolute Gasteiger partial charge is 0.350 e. The number of halogens is 3. The van der Waals surface area contributed by atoms with Gasteiger partial charge in [-0.2, -0.15) is 18.3 Å². The maximum absolute atomic E-state index is 14.0. The van der Waals surface area contributed by atoms with Gasteiger partial charge in [0.25, 0.3) is 5.91 Å². The number of carbonyl (C=O) groups excluding carboxylic acids is 1. The van der Waals surface area contributed by atoms with Crippen LogP contribution in [-0.4, -0.2) is 40.2 Å². The summed E-state index contributed by atoms with van der Waals surface area (Å²) in [7, 11) is 0. The van der Waals surface area contributed by atoms with Crippen LogP contribution >= 0.6 is 11.3 Å². The number of hydrogen-bond acceptors (Lipinski definition) is 4. The molecular weight excluding hydrogens is 449 g/mol. The fourth-order valence-corrected chi connectivity index (χ4v) is 5.05. The number of likely N-dealkylation sites (tertiary alicyclic amines) is 1. The second kappa shape index (κ2) is 9.69. The molecule has 0 spiro atoms. The van der Waals surface area contributed by atoms with Crippen LogP contribution in [0.3, 0.4) is 0 Å². The molecule has 5 nitrogen and oxygen atoms in total. The van der Waals surface area contributed by atoms with Crippen molar-refractivity contribution in [3.05, 3.63) is 69.7 Å². The van der Waals surface area contributed by atoms with Crippen molar-refractivity contribution in [2.45, 2.75) is 38.9 Å². The van der Waals surface area contributed by atoms with Gasteiger partial charge in [-0.25, -0.2) is 4.68 Å². The van der Waals surface area contributed by atoms with Gasteiger partial charge >= 0.3 is 6.18 Å². The molecule has 0 radical (unpaired) electrons. The molecule has 1 aromatic carbocycles. The maximum Gasteiger partial charge on any atom is 0.434 e. The largest absolute Gasteiger partial charge is 0.434 e. The zero-order valence-corrected chi connectivity index (χ0v) is 19.4. The summed E-state index contributed by atoms with van der Waals surface area (Å²) in [6.07, 6.45) is -1.60. The average molecular weight is 477 g/mol. The van der Waals surface area contributed by atoms with Crippen molar-refractivity contribution in [1.29, 1.82) is 0 Å². The van der Waals surface area contributed by atoms with E-state index in [-0.39, 0.29) is 18.3 Å². The number of piperidine rings is 1. The lowest BCUT2D eigenvalue weighted by molar-refractivity contribution is -0.143. The van der Waals surface area contributed by atoms with E-state index in [0.29, 0.717) is 5.92 Å². The van der Waals surface area contributed by atoms with E-state index in [9.17, 15) is 18.0 Å². The van der Waals surface area contributed by atoms with Gasteiger partial charge in [0.15, 0.2) is 5.69 Å². The third kappa shape index (κ3) is 5.30. The molecule has 4 rings (SSSR count). The third-order valence-electron chi connectivity index (χ3n) is 6.15. The average Bonchev–Trinajstić information content (AvgIpc) is 3.46. The number of thiophene rings is 1. The Labute approximate surface area is 195 Å². The topological polar surface area (TPSA) is 50.2 Å². The Hall–Kier alpha value is -2.65. The van der Waals surface area contributed by atoms with E-state index in [1.54, 1.807) is 35.6 Å². The number of nitrogens with one attached hydrogen (secondary N) is 1. The summed E-state index contributed by atoms with van der Waals surface area (Å²) >= 11 is 1.59. The lowest BCUT2D eigenvalue weighted by Gasteiger charge is -2.36. The van der Waals surface area contributed by atoms with E-state index in [1.807, 2.05) is 24.4 Å². The molecule has 0 bridgehead atoms. The number of rotatable bonds is 6. The minimum atomic E-state index is -4.73. The van der Waals surface area contributed by atoms with Crippen molar-refractivity contribution in [2.75, 3.05) is 19.6 Å². The van der Waals surface area contributed by atoms with Crippen molar-refractivity contribution in [3.63, 3.8) is 0 Å². The van der Waals surface area contributed by atoms with Gasteiger partial charge in [0.2, 0.25) is 0 Å². The van der Waals surface area contributed by atoms with Crippen LogP contribution in [0.4, 0.5) is 13.2 Å². The highest BCUT2D eigenvalue weighted by Crippen LogP contribution is 2.34. The summed E-state index contributed by atoms with van der Waals surface area (Å²) < 4.78 is 42.7. The Morgan fingerprint density at radius 2 is 1.91 bits per heavy atom. The molecule has 1 fully saturated rings. The first-order valence-electron chi connectivity index (χ1n) is 11.0. The van der Waals surface area contributed by atoms with Crippen molar-refractivity contribution >= 4 is 17.2 Å². The molecule has 0 saturated carbocycles. The fraction of sp³-hybridized carbons (Fsp3) is 0.417. The Balaban J connectivity index is 1.56. The van der Waals surface area contributed by atoms with Gasteiger partial charge in [-0.05, 0) is 62.4 Å². The molecule has 1 aliphatic rings. The van der Waals surface area contributed by atoms with Gasteiger partial charge in [-0.3, -0.25) is 9.69 Å². The third-order valence-corrected chi connectivity index (χ3v) is 7.12. The molecule has 2 aromatic heterocycles. The monoisotopic (exact) mass is 476 g/mol. The normalized spacial score (nSPS) is 16.6. The molecule has 33 heavy (non-hydrogen) atoms. The molecule has 3 heterocycles. The number of benzene rings is 1. The van der Waals surface area contributed by atoms with Crippen LogP contribution in [0.1, 0.15) is 52.3 Å². The Bertz CT molecular complexity index is 1070. The first kappa shape index (κ1) is 23.5. The predicted molar refractivity (Wildman–Crippen MR) is 123 cm³/mol. The van der Waals surface area contributed by atoms with Gasteiger partial charge in [-0.1, -0.05) is 30.7 Å². The van der Waals surface area contributed by atoms with Crippen molar-refractivity contribution < 1.29 is 18.0 Å². The van der Waals surface area contributed by atoms with E-state index in [0.717, 1.165) is 47.3 Å². The molecule has 9 heteroatoms. The molecule has 1 unspecified atom stereocenters. The summed E-state index contributed by atoms with van der Waals surface area (Å²) in [5.74, 6) is -0.116. The molecule has 1 atom stereocenters. The quantitative estimate of drug-likeness (QED) is 0.514. The van der Waals surface area contributed by atoms with E-state index in [2.05, 4.69) is 22.2 Å². The van der Waals surface area contributed by atoms with E-state index >= 15 is 0 Å². The van der Waals surface area contributed by atoms with Gasteiger partial charge in [0.1, 0.15) is 0 Å². The minimum absolute atomic E-state index is 0.0667. The molecule has 1 saturated heterocycles. The molecule has 3 aromatic rings. The Kier molecular flexibility index (Phi) is 6.90. The summed E-state index contributed by atoms with van der Waals surface area (Å²) in [6.45, 7) is 6.12. The summed E-state index contributed by atoms with van der Waals surface area (Å²) in [6, 6.07) is 10.4. The highest BCUT2D eigenvalue weighted by molar-refractivity contribution is 7.10. The standard InChI is InChI=1S/C24H27F3N4OS/c1-16-5-7-18(8-6-16)31-22(24(25,26)27)19(14-29-31)23(32)28-15-20(21-4-3-13-33-21)30-11-9-17(2)10-12-30/h3-8,13-14,17,20H,9-12,15H2,1-2H3,(H,28,32). The minimum Gasteiger partial charge on any atom is -0.350 e. The van der Waals surface area contributed by atoms with Crippen molar-refractivity contribution in [3.8, 4) is 5.69 Å². The number of aromatic nitrogens is 2.